The first-order valence-corrected chi connectivity index (χ1v) is 13.8. The molecule has 5 rings (SSSR count). The second-order valence-corrected chi connectivity index (χ2v) is 11.7. The minimum absolute atomic E-state index is 0.0321. The van der Waals surface area contributed by atoms with Crippen LogP contribution in [0.5, 0.6) is 0 Å². The summed E-state index contributed by atoms with van der Waals surface area (Å²) in [7, 11) is -1.36. The number of ether oxygens (including phenoxy) is 1. The number of rotatable bonds is 7. The first-order valence-electron chi connectivity index (χ1n) is 12.1. The van der Waals surface area contributed by atoms with Crippen LogP contribution in [-0.4, -0.2) is 77.0 Å². The van der Waals surface area contributed by atoms with Crippen molar-refractivity contribution in [3.05, 3.63) is 29.3 Å². The molecule has 1 unspecified atom stereocenters. The lowest BCUT2D eigenvalue weighted by Crippen LogP contribution is -2.58. The Kier molecular flexibility index (Phi) is 6.53. The molecule has 35 heavy (non-hydrogen) atoms. The van der Waals surface area contributed by atoms with Crippen molar-refractivity contribution in [1.29, 1.82) is 0 Å². The molecule has 0 aliphatic carbocycles. The van der Waals surface area contributed by atoms with E-state index >= 15 is 4.39 Å². The number of sulfonamides is 1. The molecule has 0 saturated carbocycles. The lowest BCUT2D eigenvalue weighted by atomic mass is 9.83. The number of piperidine rings is 2. The molecular weight excluding hydrogens is 473 g/mol. The van der Waals surface area contributed by atoms with Crippen LogP contribution in [0.3, 0.4) is 0 Å². The van der Waals surface area contributed by atoms with E-state index < -0.39 is 15.8 Å². The van der Waals surface area contributed by atoms with Crippen LogP contribution in [0.1, 0.15) is 50.4 Å². The van der Waals surface area contributed by atoms with Crippen molar-refractivity contribution in [3.63, 3.8) is 0 Å². The predicted molar refractivity (Wildman–Crippen MR) is 132 cm³/mol. The van der Waals surface area contributed by atoms with E-state index in [0.29, 0.717) is 36.8 Å². The molecule has 2 saturated heterocycles. The molecule has 3 aliphatic rings. The molecule has 2 fully saturated rings. The van der Waals surface area contributed by atoms with Gasteiger partial charge in [0.05, 0.1) is 19.0 Å². The first kappa shape index (κ1) is 24.1. The molecule has 2 aromatic rings. The number of anilines is 3. The minimum Gasteiger partial charge on any atom is -0.373 e. The minimum atomic E-state index is -3.26. The summed E-state index contributed by atoms with van der Waals surface area (Å²) in [6.45, 7) is 4.27. The molecule has 0 amide bonds. The van der Waals surface area contributed by atoms with Gasteiger partial charge in [-0.2, -0.15) is 14.4 Å². The Hall–Kier alpha value is -2.57. The number of halogens is 1. The standard InChI is InChI=1S/C23H32FN7O3S/c1-4-35(32,33)31-16-6-5-7-17(31)12-18(11-16)30(3)23-26-21(15-8-9-34-13-15)20(24)22(27-23)25-19-10-14(2)28-29-19/h8,10,16-18H,4-7,9,11-13H2,1-3H3,(H2,25,26,27,28,29)/t16-,17+,18?. The van der Waals surface area contributed by atoms with Gasteiger partial charge in [-0.25, -0.2) is 17.8 Å². The zero-order chi connectivity index (χ0) is 24.7. The second-order valence-electron chi connectivity index (χ2n) is 9.55. The lowest BCUT2D eigenvalue weighted by molar-refractivity contribution is 0.109. The van der Waals surface area contributed by atoms with Gasteiger partial charge in [0.1, 0.15) is 5.69 Å². The molecule has 190 valence electrons. The maximum atomic E-state index is 15.5. The summed E-state index contributed by atoms with van der Waals surface area (Å²) < 4.78 is 48.2. The largest absolute Gasteiger partial charge is 0.373 e. The van der Waals surface area contributed by atoms with Crippen molar-refractivity contribution in [2.45, 2.75) is 64.1 Å². The third-order valence-corrected chi connectivity index (χ3v) is 9.20. The molecule has 2 N–H and O–H groups in total. The summed E-state index contributed by atoms with van der Waals surface area (Å²) in [5.41, 5.74) is 1.73. The van der Waals surface area contributed by atoms with Crippen LogP contribution < -0.4 is 10.2 Å². The molecule has 2 bridgehead atoms. The normalized spacial score (nSPS) is 24.9. The Morgan fingerprint density at radius 2 is 2.03 bits per heavy atom. The zero-order valence-electron chi connectivity index (χ0n) is 20.3. The summed E-state index contributed by atoms with van der Waals surface area (Å²) in [5, 5.41) is 9.96. The highest BCUT2D eigenvalue weighted by Gasteiger charge is 2.45. The van der Waals surface area contributed by atoms with Gasteiger partial charge in [0, 0.05) is 42.5 Å². The van der Waals surface area contributed by atoms with Crippen molar-refractivity contribution in [1.82, 2.24) is 24.5 Å². The fourth-order valence-corrected chi connectivity index (χ4v) is 7.03. The van der Waals surface area contributed by atoms with Crippen LogP contribution in [0.25, 0.3) is 5.57 Å². The summed E-state index contributed by atoms with van der Waals surface area (Å²) in [6.07, 6.45) is 5.95. The third-order valence-electron chi connectivity index (χ3n) is 7.23. The van der Waals surface area contributed by atoms with E-state index in [9.17, 15) is 8.42 Å². The van der Waals surface area contributed by atoms with Gasteiger partial charge in [-0.15, -0.1) is 0 Å². The van der Waals surface area contributed by atoms with Crippen LogP contribution >= 0.6 is 0 Å². The molecule has 0 radical (unpaired) electrons. The van der Waals surface area contributed by atoms with Crippen LogP contribution in [-0.2, 0) is 14.8 Å². The average Bonchev–Trinajstić information content (AvgIpc) is 3.51. The van der Waals surface area contributed by atoms with E-state index in [1.807, 2.05) is 24.9 Å². The molecule has 3 aliphatic heterocycles. The fraction of sp³-hybridized carbons (Fsp3) is 0.609. The SMILES string of the molecule is CCS(=O)(=O)N1[C@@H]2CCC[C@H]1CC(N(C)c1nc(Nc3cc(C)[nH]n3)c(F)c(C3=CCOC3)n1)C2. The highest BCUT2D eigenvalue weighted by Crippen LogP contribution is 2.39. The van der Waals surface area contributed by atoms with Crippen LogP contribution in [0.2, 0.25) is 0 Å². The van der Waals surface area contributed by atoms with Gasteiger partial charge < -0.3 is 15.0 Å². The van der Waals surface area contributed by atoms with E-state index in [1.54, 1.807) is 17.3 Å². The van der Waals surface area contributed by atoms with Gasteiger partial charge in [-0.05, 0) is 39.5 Å². The molecule has 0 spiro atoms. The number of nitrogens with zero attached hydrogens (tertiary/aromatic N) is 5. The predicted octanol–water partition coefficient (Wildman–Crippen LogP) is 2.98. The Bertz CT molecular complexity index is 1220. The van der Waals surface area contributed by atoms with E-state index in [0.717, 1.165) is 25.0 Å². The van der Waals surface area contributed by atoms with Gasteiger partial charge in [0.15, 0.2) is 17.5 Å². The first-order chi connectivity index (χ1) is 16.8. The number of hydrogen-bond donors (Lipinski definition) is 2. The number of aromatic nitrogens is 4. The number of aromatic amines is 1. The van der Waals surface area contributed by atoms with Gasteiger partial charge in [0.25, 0.3) is 0 Å². The lowest BCUT2D eigenvalue weighted by Gasteiger charge is -2.49. The Balaban J connectivity index is 1.47. The maximum absolute atomic E-state index is 15.5. The van der Waals surface area contributed by atoms with Crippen molar-refractivity contribution in [2.24, 2.45) is 0 Å². The van der Waals surface area contributed by atoms with E-state index in [1.165, 1.54) is 0 Å². The molecular formula is C23H32FN7O3S. The Labute approximate surface area is 205 Å². The van der Waals surface area contributed by atoms with Gasteiger partial charge in [-0.3, -0.25) is 5.10 Å². The monoisotopic (exact) mass is 505 g/mol. The van der Waals surface area contributed by atoms with Crippen LogP contribution in [0.15, 0.2) is 12.1 Å². The number of nitrogens with one attached hydrogen (secondary N) is 2. The summed E-state index contributed by atoms with van der Waals surface area (Å²) in [5.74, 6) is 0.453. The van der Waals surface area contributed by atoms with E-state index in [-0.39, 0.29) is 42.0 Å². The molecule has 5 heterocycles. The summed E-state index contributed by atoms with van der Waals surface area (Å²) in [4.78, 5) is 11.1. The van der Waals surface area contributed by atoms with E-state index in [4.69, 9.17) is 4.74 Å². The van der Waals surface area contributed by atoms with E-state index in [2.05, 4.69) is 25.5 Å². The molecule has 12 heteroatoms. The number of H-pyrrole nitrogens is 1. The topological polar surface area (TPSA) is 116 Å². The zero-order valence-corrected chi connectivity index (χ0v) is 21.1. The van der Waals surface area contributed by atoms with Crippen molar-refractivity contribution < 1.29 is 17.5 Å². The quantitative estimate of drug-likeness (QED) is 0.590. The number of hydrogen-bond acceptors (Lipinski definition) is 8. The molecule has 2 aromatic heterocycles. The number of fused-ring (bicyclic) bond motifs is 2. The van der Waals surface area contributed by atoms with Crippen molar-refractivity contribution in [3.8, 4) is 0 Å². The fourth-order valence-electron chi connectivity index (χ4n) is 5.44. The van der Waals surface area contributed by atoms with Gasteiger partial charge >= 0.3 is 0 Å². The molecule has 3 atom stereocenters. The summed E-state index contributed by atoms with van der Waals surface area (Å²) in [6, 6.07) is 1.75. The average molecular weight is 506 g/mol. The third kappa shape index (κ3) is 4.66. The van der Waals surface area contributed by atoms with Crippen molar-refractivity contribution >= 4 is 33.2 Å². The Morgan fingerprint density at radius 3 is 2.63 bits per heavy atom. The summed E-state index contributed by atoms with van der Waals surface area (Å²) >= 11 is 0. The second kappa shape index (κ2) is 9.47. The highest BCUT2D eigenvalue weighted by molar-refractivity contribution is 7.89. The number of aryl methyl sites for hydroxylation is 1. The van der Waals surface area contributed by atoms with Crippen LogP contribution in [0, 0.1) is 12.7 Å². The van der Waals surface area contributed by atoms with Crippen molar-refractivity contribution in [2.75, 3.05) is 36.2 Å². The highest BCUT2D eigenvalue weighted by atomic mass is 32.2. The smallest absolute Gasteiger partial charge is 0.228 e. The maximum Gasteiger partial charge on any atom is 0.228 e. The van der Waals surface area contributed by atoms with Crippen LogP contribution in [0.4, 0.5) is 22.0 Å². The van der Waals surface area contributed by atoms with Gasteiger partial charge in [0.2, 0.25) is 16.0 Å². The molecule has 10 nitrogen and oxygen atoms in total. The van der Waals surface area contributed by atoms with Gasteiger partial charge in [-0.1, -0.05) is 12.5 Å². The Morgan fingerprint density at radius 1 is 1.29 bits per heavy atom. The molecule has 0 aromatic carbocycles.